The van der Waals surface area contributed by atoms with Crippen LogP contribution in [0, 0.1) is 0 Å². The number of aryl methyl sites for hydroxylation is 1. The third-order valence-corrected chi connectivity index (χ3v) is 3.37. The van der Waals surface area contributed by atoms with Crippen LogP contribution in [0.5, 0.6) is 0 Å². The summed E-state index contributed by atoms with van der Waals surface area (Å²) in [6.07, 6.45) is 7.38. The first-order valence-corrected chi connectivity index (χ1v) is 5.47. The smallest absolute Gasteiger partial charge is 0.0945 e. The second-order valence-corrected chi connectivity index (χ2v) is 4.34. The minimum absolute atomic E-state index is 0.110. The van der Waals surface area contributed by atoms with Gasteiger partial charge in [-0.3, -0.25) is 0 Å². The summed E-state index contributed by atoms with van der Waals surface area (Å²) in [6.45, 7) is 1.80. The van der Waals surface area contributed by atoms with Crippen LogP contribution < -0.4 is 5.32 Å². The van der Waals surface area contributed by atoms with Crippen molar-refractivity contribution < 1.29 is 4.74 Å². The number of nitrogens with zero attached hydrogens (tertiary/aromatic N) is 2. The summed E-state index contributed by atoms with van der Waals surface area (Å²) in [4.78, 5) is 4.08. The minimum Gasteiger partial charge on any atom is -0.377 e. The van der Waals surface area contributed by atoms with Crippen molar-refractivity contribution in [2.24, 2.45) is 7.05 Å². The summed E-state index contributed by atoms with van der Waals surface area (Å²) in [5.74, 6) is 0. The van der Waals surface area contributed by atoms with Crippen molar-refractivity contribution in [2.45, 2.75) is 31.4 Å². The van der Waals surface area contributed by atoms with Gasteiger partial charge in [-0.05, 0) is 19.3 Å². The van der Waals surface area contributed by atoms with Gasteiger partial charge < -0.3 is 14.6 Å². The second kappa shape index (κ2) is 4.33. The third kappa shape index (κ3) is 2.21. The van der Waals surface area contributed by atoms with E-state index >= 15 is 0 Å². The second-order valence-electron chi connectivity index (χ2n) is 4.34. The monoisotopic (exact) mass is 209 g/mol. The van der Waals surface area contributed by atoms with Crippen LogP contribution in [-0.2, 0) is 18.3 Å². The zero-order chi connectivity index (χ0) is 10.7. The fourth-order valence-corrected chi connectivity index (χ4v) is 2.00. The molecule has 1 saturated carbocycles. The molecule has 1 heterocycles. The number of rotatable bonds is 5. The van der Waals surface area contributed by atoms with Crippen molar-refractivity contribution in [2.75, 3.05) is 13.7 Å². The van der Waals surface area contributed by atoms with Gasteiger partial charge in [0.15, 0.2) is 0 Å². The molecule has 0 amide bonds. The maximum absolute atomic E-state index is 5.54. The highest BCUT2D eigenvalue weighted by Gasteiger charge is 2.36. The summed E-state index contributed by atoms with van der Waals surface area (Å²) in [7, 11) is 3.82. The number of imidazole rings is 1. The molecule has 0 aromatic carbocycles. The predicted molar refractivity (Wildman–Crippen MR) is 58.5 cm³/mol. The van der Waals surface area contributed by atoms with Crippen LogP contribution in [0.15, 0.2) is 12.5 Å². The lowest BCUT2D eigenvalue weighted by atomic mass is 9.80. The highest BCUT2D eigenvalue weighted by molar-refractivity contribution is 4.98. The number of hydrogen-bond donors (Lipinski definition) is 1. The molecule has 1 aromatic rings. The molecule has 2 rings (SSSR count). The van der Waals surface area contributed by atoms with Gasteiger partial charge in [-0.15, -0.1) is 0 Å². The molecule has 84 valence electrons. The maximum atomic E-state index is 5.54. The maximum Gasteiger partial charge on any atom is 0.0945 e. The molecular weight excluding hydrogens is 190 g/mol. The molecule has 15 heavy (non-hydrogen) atoms. The van der Waals surface area contributed by atoms with E-state index in [2.05, 4.69) is 10.3 Å². The van der Waals surface area contributed by atoms with Crippen molar-refractivity contribution in [1.29, 1.82) is 0 Å². The zero-order valence-corrected chi connectivity index (χ0v) is 9.49. The van der Waals surface area contributed by atoms with Crippen LogP contribution >= 0.6 is 0 Å². The Bertz CT molecular complexity index is 312. The van der Waals surface area contributed by atoms with E-state index < -0.39 is 0 Å². The summed E-state index contributed by atoms with van der Waals surface area (Å²) >= 11 is 0. The Morgan fingerprint density at radius 2 is 2.40 bits per heavy atom. The van der Waals surface area contributed by atoms with Gasteiger partial charge in [0.2, 0.25) is 0 Å². The van der Waals surface area contributed by atoms with Crippen molar-refractivity contribution in [1.82, 2.24) is 14.9 Å². The molecule has 1 aliphatic carbocycles. The lowest BCUT2D eigenvalue weighted by Gasteiger charge is -2.40. The number of aromatic nitrogens is 2. The fraction of sp³-hybridized carbons (Fsp3) is 0.727. The standard InChI is InChI=1S/C11H19N3O/c1-14-9-13-7-10(14)6-12-8-11(15-2)4-3-5-11/h7,9,12H,3-6,8H2,1-2H3. The van der Waals surface area contributed by atoms with Gasteiger partial charge in [0.1, 0.15) is 0 Å². The van der Waals surface area contributed by atoms with Crippen LogP contribution in [0.25, 0.3) is 0 Å². The minimum atomic E-state index is 0.110. The molecule has 0 bridgehead atoms. The molecule has 0 radical (unpaired) electrons. The summed E-state index contributed by atoms with van der Waals surface area (Å²) in [5.41, 5.74) is 1.32. The first kappa shape index (κ1) is 10.6. The average molecular weight is 209 g/mol. The third-order valence-electron chi connectivity index (χ3n) is 3.37. The van der Waals surface area contributed by atoms with Crippen molar-refractivity contribution in [3.63, 3.8) is 0 Å². The molecule has 0 spiro atoms. The molecule has 1 fully saturated rings. The van der Waals surface area contributed by atoms with Crippen LogP contribution in [0.1, 0.15) is 25.0 Å². The predicted octanol–water partition coefficient (Wildman–Crippen LogP) is 1.08. The molecule has 4 heteroatoms. The van der Waals surface area contributed by atoms with E-state index in [9.17, 15) is 0 Å². The molecule has 0 atom stereocenters. The molecule has 0 aliphatic heterocycles. The molecular formula is C11H19N3O. The van der Waals surface area contributed by atoms with Gasteiger partial charge in [0.05, 0.1) is 17.6 Å². The molecule has 0 unspecified atom stereocenters. The lowest BCUT2D eigenvalue weighted by Crippen LogP contribution is -2.47. The fourth-order valence-electron chi connectivity index (χ4n) is 2.00. The van der Waals surface area contributed by atoms with Crippen LogP contribution in [0.4, 0.5) is 0 Å². The highest BCUT2D eigenvalue weighted by Crippen LogP contribution is 2.34. The lowest BCUT2D eigenvalue weighted by molar-refractivity contribution is -0.0696. The zero-order valence-electron chi connectivity index (χ0n) is 9.49. The molecule has 0 saturated heterocycles. The average Bonchev–Trinajstić information content (AvgIpc) is 2.57. The Hall–Kier alpha value is -0.870. The largest absolute Gasteiger partial charge is 0.377 e. The van der Waals surface area contributed by atoms with Gasteiger partial charge in [-0.1, -0.05) is 0 Å². The van der Waals surface area contributed by atoms with E-state index in [4.69, 9.17) is 4.74 Å². The van der Waals surface area contributed by atoms with Gasteiger partial charge in [-0.25, -0.2) is 4.98 Å². The van der Waals surface area contributed by atoms with E-state index in [0.717, 1.165) is 13.1 Å². The van der Waals surface area contributed by atoms with Crippen molar-refractivity contribution >= 4 is 0 Å². The van der Waals surface area contributed by atoms with Crippen LogP contribution in [0.2, 0.25) is 0 Å². The van der Waals surface area contributed by atoms with Crippen molar-refractivity contribution in [3.05, 3.63) is 18.2 Å². The molecule has 1 aliphatic rings. The summed E-state index contributed by atoms with van der Waals surface area (Å²) < 4.78 is 7.57. The van der Waals surface area contributed by atoms with Crippen LogP contribution in [-0.4, -0.2) is 28.8 Å². The van der Waals surface area contributed by atoms with E-state index in [1.54, 1.807) is 0 Å². The number of ether oxygens (including phenoxy) is 1. The van der Waals surface area contributed by atoms with Gasteiger partial charge >= 0.3 is 0 Å². The first-order valence-electron chi connectivity index (χ1n) is 5.47. The Kier molecular flexibility index (Phi) is 3.07. The number of methoxy groups -OCH3 is 1. The van der Waals surface area contributed by atoms with E-state index in [1.165, 1.54) is 25.0 Å². The number of nitrogens with one attached hydrogen (secondary N) is 1. The number of hydrogen-bond acceptors (Lipinski definition) is 3. The van der Waals surface area contributed by atoms with Crippen LogP contribution in [0.3, 0.4) is 0 Å². The Morgan fingerprint density at radius 3 is 2.87 bits per heavy atom. The van der Waals surface area contributed by atoms with E-state index in [0.29, 0.717) is 0 Å². The highest BCUT2D eigenvalue weighted by atomic mass is 16.5. The van der Waals surface area contributed by atoms with E-state index in [-0.39, 0.29) is 5.60 Å². The van der Waals surface area contributed by atoms with Crippen molar-refractivity contribution in [3.8, 4) is 0 Å². The molecule has 4 nitrogen and oxygen atoms in total. The van der Waals surface area contributed by atoms with Gasteiger partial charge in [0.25, 0.3) is 0 Å². The topological polar surface area (TPSA) is 39.1 Å². The molecule has 1 N–H and O–H groups in total. The van der Waals surface area contributed by atoms with Gasteiger partial charge in [-0.2, -0.15) is 0 Å². The SMILES string of the molecule is COC1(CNCc2cncn2C)CCC1. The first-order chi connectivity index (χ1) is 7.26. The Balaban J connectivity index is 1.77. The quantitative estimate of drug-likeness (QED) is 0.788. The summed E-state index contributed by atoms with van der Waals surface area (Å²) in [5, 5.41) is 3.44. The Morgan fingerprint density at radius 1 is 1.60 bits per heavy atom. The Labute approximate surface area is 90.6 Å². The molecule has 1 aromatic heterocycles. The summed E-state index contributed by atoms with van der Waals surface area (Å²) in [6, 6.07) is 0. The van der Waals surface area contributed by atoms with Gasteiger partial charge in [0, 0.05) is 33.4 Å². The normalized spacial score (nSPS) is 18.8. The van der Waals surface area contributed by atoms with E-state index in [1.807, 2.05) is 31.2 Å².